The van der Waals surface area contributed by atoms with Crippen molar-refractivity contribution in [2.45, 2.75) is 76.5 Å². The van der Waals surface area contributed by atoms with Crippen molar-refractivity contribution in [3.05, 3.63) is 0 Å². The molecule has 112 valence electrons. The van der Waals surface area contributed by atoms with Gasteiger partial charge in [0.15, 0.2) is 0 Å². The molecule has 1 saturated carbocycles. The molecule has 3 nitrogen and oxygen atoms in total. The van der Waals surface area contributed by atoms with E-state index < -0.39 is 0 Å². The highest BCUT2D eigenvalue weighted by Gasteiger charge is 2.43. The molecule has 0 aromatic carbocycles. The molecule has 1 spiro atoms. The van der Waals surface area contributed by atoms with Crippen molar-refractivity contribution in [1.82, 2.24) is 10.2 Å². The van der Waals surface area contributed by atoms with Gasteiger partial charge >= 0.3 is 0 Å². The summed E-state index contributed by atoms with van der Waals surface area (Å²) in [6, 6.07) is 0.678. The average Bonchev–Trinajstić information content (AvgIpc) is 2.87. The topological polar surface area (TPSA) is 24.5 Å². The van der Waals surface area contributed by atoms with Crippen LogP contribution in [-0.4, -0.2) is 48.8 Å². The van der Waals surface area contributed by atoms with Crippen LogP contribution in [0.3, 0.4) is 0 Å². The summed E-state index contributed by atoms with van der Waals surface area (Å²) in [4.78, 5) is 2.78. The van der Waals surface area contributed by atoms with E-state index in [4.69, 9.17) is 4.74 Å². The van der Waals surface area contributed by atoms with Crippen LogP contribution in [-0.2, 0) is 4.74 Å². The van der Waals surface area contributed by atoms with Crippen molar-refractivity contribution in [2.75, 3.05) is 26.7 Å². The summed E-state index contributed by atoms with van der Waals surface area (Å²) in [6.07, 6.45) is 7.93. The third kappa shape index (κ3) is 3.50. The normalized spacial score (nSPS) is 28.1. The molecular formula is C16H32N2O. The Morgan fingerprint density at radius 3 is 2.58 bits per heavy atom. The Bertz CT molecular complexity index is 284. The van der Waals surface area contributed by atoms with Gasteiger partial charge in [-0.05, 0) is 39.5 Å². The van der Waals surface area contributed by atoms with Crippen LogP contribution < -0.4 is 5.32 Å². The summed E-state index contributed by atoms with van der Waals surface area (Å²) in [7, 11) is 1.83. The SMILES string of the molecule is CCC1CN(CCC(C)(C)OC)C2(CCCC2)CN1. The van der Waals surface area contributed by atoms with Gasteiger partial charge in [0, 0.05) is 38.3 Å². The molecule has 0 bridgehead atoms. The molecule has 1 aliphatic heterocycles. The van der Waals surface area contributed by atoms with Crippen LogP contribution in [0.25, 0.3) is 0 Å². The third-order valence-corrected chi connectivity index (χ3v) is 5.39. The summed E-state index contributed by atoms with van der Waals surface area (Å²) < 4.78 is 5.59. The van der Waals surface area contributed by atoms with Gasteiger partial charge in [-0.15, -0.1) is 0 Å². The lowest BCUT2D eigenvalue weighted by atomic mass is 9.89. The van der Waals surface area contributed by atoms with Gasteiger partial charge in [0.25, 0.3) is 0 Å². The van der Waals surface area contributed by atoms with Crippen LogP contribution in [0.2, 0.25) is 0 Å². The van der Waals surface area contributed by atoms with Crippen LogP contribution in [0.5, 0.6) is 0 Å². The Hall–Kier alpha value is -0.120. The van der Waals surface area contributed by atoms with Gasteiger partial charge in [-0.1, -0.05) is 19.8 Å². The first-order valence-electron chi connectivity index (χ1n) is 8.05. The standard InChI is InChI=1S/C16H32N2O/c1-5-14-12-18(11-10-15(2,3)19-4)16(13-17-14)8-6-7-9-16/h14,17H,5-13H2,1-4H3. The zero-order chi connectivity index (χ0) is 13.9. The number of nitrogens with zero attached hydrogens (tertiary/aromatic N) is 1. The minimum atomic E-state index is 0.00633. The number of ether oxygens (including phenoxy) is 1. The van der Waals surface area contributed by atoms with E-state index in [0.717, 1.165) is 6.42 Å². The second kappa shape index (κ2) is 6.11. The maximum absolute atomic E-state index is 5.59. The number of rotatable bonds is 5. The second-order valence-corrected chi connectivity index (χ2v) is 7.08. The first-order chi connectivity index (χ1) is 9.01. The smallest absolute Gasteiger partial charge is 0.0634 e. The Labute approximate surface area is 119 Å². The molecule has 0 radical (unpaired) electrons. The van der Waals surface area contributed by atoms with Gasteiger partial charge < -0.3 is 10.1 Å². The van der Waals surface area contributed by atoms with Gasteiger partial charge in [0.1, 0.15) is 0 Å². The minimum Gasteiger partial charge on any atom is -0.379 e. The van der Waals surface area contributed by atoms with Crippen molar-refractivity contribution >= 4 is 0 Å². The number of methoxy groups -OCH3 is 1. The number of nitrogens with one attached hydrogen (secondary N) is 1. The van der Waals surface area contributed by atoms with E-state index in [0.29, 0.717) is 11.6 Å². The number of piperazine rings is 1. The predicted molar refractivity (Wildman–Crippen MR) is 80.6 cm³/mol. The highest BCUT2D eigenvalue weighted by atomic mass is 16.5. The van der Waals surface area contributed by atoms with E-state index in [-0.39, 0.29) is 5.60 Å². The number of hydrogen-bond donors (Lipinski definition) is 1. The van der Waals surface area contributed by atoms with E-state index in [1.165, 1.54) is 51.7 Å². The molecule has 3 heteroatoms. The van der Waals surface area contributed by atoms with E-state index in [1.807, 2.05) is 7.11 Å². The van der Waals surface area contributed by atoms with E-state index in [9.17, 15) is 0 Å². The van der Waals surface area contributed by atoms with Crippen LogP contribution in [0.4, 0.5) is 0 Å². The van der Waals surface area contributed by atoms with E-state index >= 15 is 0 Å². The number of hydrogen-bond acceptors (Lipinski definition) is 3. The zero-order valence-electron chi connectivity index (χ0n) is 13.3. The maximum Gasteiger partial charge on any atom is 0.0634 e. The Balaban J connectivity index is 1.99. The van der Waals surface area contributed by atoms with E-state index in [1.54, 1.807) is 0 Å². The van der Waals surface area contributed by atoms with Gasteiger partial charge in [0.05, 0.1) is 5.60 Å². The predicted octanol–water partition coefficient (Wildman–Crippen LogP) is 2.80. The third-order valence-electron chi connectivity index (χ3n) is 5.39. The van der Waals surface area contributed by atoms with Gasteiger partial charge in [-0.3, -0.25) is 4.90 Å². The van der Waals surface area contributed by atoms with Crippen molar-refractivity contribution in [1.29, 1.82) is 0 Å². The Morgan fingerprint density at radius 2 is 2.00 bits per heavy atom. The molecule has 2 rings (SSSR count). The van der Waals surface area contributed by atoms with Crippen LogP contribution in [0.15, 0.2) is 0 Å². The fourth-order valence-corrected chi connectivity index (χ4v) is 3.60. The van der Waals surface area contributed by atoms with Gasteiger partial charge in [0.2, 0.25) is 0 Å². The first-order valence-corrected chi connectivity index (χ1v) is 8.05. The summed E-state index contributed by atoms with van der Waals surface area (Å²) in [6.45, 7) is 10.3. The fraction of sp³-hybridized carbons (Fsp3) is 1.00. The molecule has 0 aromatic rings. The summed E-state index contributed by atoms with van der Waals surface area (Å²) in [5.41, 5.74) is 0.460. The second-order valence-electron chi connectivity index (χ2n) is 7.08. The van der Waals surface area contributed by atoms with Crippen molar-refractivity contribution in [3.63, 3.8) is 0 Å². The lowest BCUT2D eigenvalue weighted by Crippen LogP contribution is -2.63. The molecule has 0 amide bonds. The molecule has 1 unspecified atom stereocenters. The fourth-order valence-electron chi connectivity index (χ4n) is 3.60. The molecule has 1 N–H and O–H groups in total. The lowest BCUT2D eigenvalue weighted by Gasteiger charge is -2.49. The lowest BCUT2D eigenvalue weighted by molar-refractivity contribution is -0.0174. The quantitative estimate of drug-likeness (QED) is 0.830. The summed E-state index contributed by atoms with van der Waals surface area (Å²) in [5.74, 6) is 0. The van der Waals surface area contributed by atoms with Crippen molar-refractivity contribution < 1.29 is 4.74 Å². The Morgan fingerprint density at radius 1 is 1.32 bits per heavy atom. The van der Waals surface area contributed by atoms with Crippen LogP contribution >= 0.6 is 0 Å². The average molecular weight is 268 g/mol. The highest BCUT2D eigenvalue weighted by molar-refractivity contribution is 5.01. The molecule has 2 aliphatic rings. The molecule has 19 heavy (non-hydrogen) atoms. The molecule has 1 heterocycles. The van der Waals surface area contributed by atoms with Crippen molar-refractivity contribution in [2.24, 2.45) is 0 Å². The Kier molecular flexibility index (Phi) is 4.91. The minimum absolute atomic E-state index is 0.00633. The maximum atomic E-state index is 5.59. The first kappa shape index (κ1) is 15.3. The molecule has 1 saturated heterocycles. The molecular weight excluding hydrogens is 236 g/mol. The zero-order valence-corrected chi connectivity index (χ0v) is 13.3. The molecule has 1 aliphatic carbocycles. The molecule has 1 atom stereocenters. The highest BCUT2D eigenvalue weighted by Crippen LogP contribution is 2.37. The monoisotopic (exact) mass is 268 g/mol. The van der Waals surface area contributed by atoms with Crippen molar-refractivity contribution in [3.8, 4) is 0 Å². The van der Waals surface area contributed by atoms with Crippen LogP contribution in [0.1, 0.15) is 59.3 Å². The summed E-state index contributed by atoms with van der Waals surface area (Å²) >= 11 is 0. The summed E-state index contributed by atoms with van der Waals surface area (Å²) in [5, 5.41) is 3.77. The molecule has 2 fully saturated rings. The van der Waals surface area contributed by atoms with Gasteiger partial charge in [-0.25, -0.2) is 0 Å². The van der Waals surface area contributed by atoms with Crippen LogP contribution in [0, 0.1) is 0 Å². The molecule has 0 aromatic heterocycles. The van der Waals surface area contributed by atoms with Gasteiger partial charge in [-0.2, -0.15) is 0 Å². The largest absolute Gasteiger partial charge is 0.379 e. The van der Waals surface area contributed by atoms with E-state index in [2.05, 4.69) is 31.0 Å².